The van der Waals surface area contributed by atoms with Gasteiger partial charge in [-0.1, -0.05) is 23.4 Å². The van der Waals surface area contributed by atoms with Crippen LogP contribution in [-0.2, 0) is 0 Å². The third-order valence-corrected chi connectivity index (χ3v) is 2.80. The second-order valence-electron chi connectivity index (χ2n) is 3.94. The molecular formula is C13H12N4O. The summed E-state index contributed by atoms with van der Waals surface area (Å²) in [6.07, 6.45) is 4.91. The van der Waals surface area contributed by atoms with Crippen LogP contribution < -0.4 is 5.73 Å². The molecule has 0 fully saturated rings. The van der Waals surface area contributed by atoms with Crippen molar-refractivity contribution in [2.24, 2.45) is 5.73 Å². The van der Waals surface area contributed by atoms with Crippen molar-refractivity contribution in [3.8, 4) is 5.69 Å². The van der Waals surface area contributed by atoms with E-state index in [0.29, 0.717) is 0 Å². The lowest BCUT2D eigenvalue weighted by molar-refractivity contribution is 0.561. The number of nitrogens with zero attached hydrogens (tertiary/aromatic N) is 3. The molecule has 0 aliphatic heterocycles. The molecule has 18 heavy (non-hydrogen) atoms. The summed E-state index contributed by atoms with van der Waals surface area (Å²) >= 11 is 0. The highest BCUT2D eigenvalue weighted by Crippen LogP contribution is 2.21. The first-order valence-electron chi connectivity index (χ1n) is 5.60. The number of nitrogens with two attached hydrogens (primary N) is 1. The predicted octanol–water partition coefficient (Wildman–Crippen LogP) is 1.91. The molecular weight excluding hydrogens is 228 g/mol. The number of benzene rings is 1. The number of rotatable bonds is 3. The van der Waals surface area contributed by atoms with Crippen LogP contribution in [0.1, 0.15) is 17.3 Å². The van der Waals surface area contributed by atoms with E-state index >= 15 is 0 Å². The standard InChI is InChI=1S/C13H12N4O/c14-13(10-6-7-18-9-10)12-8-15-16-17(12)11-4-2-1-3-5-11/h1-9,13H,14H2. The smallest absolute Gasteiger partial charge is 0.0954 e. The van der Waals surface area contributed by atoms with Gasteiger partial charge in [0.1, 0.15) is 0 Å². The molecule has 2 heterocycles. The van der Waals surface area contributed by atoms with Crippen LogP contribution in [0.3, 0.4) is 0 Å². The Morgan fingerprint density at radius 2 is 2.00 bits per heavy atom. The molecule has 1 atom stereocenters. The summed E-state index contributed by atoms with van der Waals surface area (Å²) in [7, 11) is 0. The second-order valence-corrected chi connectivity index (χ2v) is 3.94. The molecule has 0 spiro atoms. The van der Waals surface area contributed by atoms with E-state index in [4.69, 9.17) is 10.2 Å². The van der Waals surface area contributed by atoms with Gasteiger partial charge in [-0.2, -0.15) is 0 Å². The Bertz CT molecular complexity index is 616. The first-order valence-corrected chi connectivity index (χ1v) is 5.60. The molecule has 3 rings (SSSR count). The van der Waals surface area contributed by atoms with E-state index < -0.39 is 0 Å². The van der Waals surface area contributed by atoms with Crippen molar-refractivity contribution >= 4 is 0 Å². The van der Waals surface area contributed by atoms with Crippen LogP contribution in [0.25, 0.3) is 5.69 Å². The summed E-state index contributed by atoms with van der Waals surface area (Å²) in [4.78, 5) is 0. The topological polar surface area (TPSA) is 69.9 Å². The lowest BCUT2D eigenvalue weighted by Gasteiger charge is -2.11. The largest absolute Gasteiger partial charge is 0.472 e. The molecule has 1 aromatic carbocycles. The van der Waals surface area contributed by atoms with E-state index in [1.807, 2.05) is 36.4 Å². The van der Waals surface area contributed by atoms with Crippen molar-refractivity contribution in [3.05, 3.63) is 66.4 Å². The van der Waals surface area contributed by atoms with Crippen LogP contribution in [0, 0.1) is 0 Å². The van der Waals surface area contributed by atoms with E-state index in [9.17, 15) is 0 Å². The Balaban J connectivity index is 2.02. The fraction of sp³-hybridized carbons (Fsp3) is 0.0769. The van der Waals surface area contributed by atoms with E-state index in [-0.39, 0.29) is 6.04 Å². The van der Waals surface area contributed by atoms with Crippen LogP contribution >= 0.6 is 0 Å². The van der Waals surface area contributed by atoms with Gasteiger partial charge in [-0.3, -0.25) is 0 Å². The van der Waals surface area contributed by atoms with E-state index in [0.717, 1.165) is 16.9 Å². The van der Waals surface area contributed by atoms with Crippen LogP contribution in [0.5, 0.6) is 0 Å². The normalized spacial score (nSPS) is 12.5. The lowest BCUT2D eigenvalue weighted by Crippen LogP contribution is -2.16. The van der Waals surface area contributed by atoms with Gasteiger partial charge in [0.15, 0.2) is 0 Å². The van der Waals surface area contributed by atoms with E-state index in [1.165, 1.54) is 0 Å². The van der Waals surface area contributed by atoms with Gasteiger partial charge in [0, 0.05) is 5.56 Å². The Morgan fingerprint density at radius 1 is 1.17 bits per heavy atom. The molecule has 90 valence electrons. The van der Waals surface area contributed by atoms with Gasteiger partial charge < -0.3 is 10.2 Å². The molecule has 1 unspecified atom stereocenters. The number of aromatic nitrogens is 3. The molecule has 0 radical (unpaired) electrons. The Kier molecular flexibility index (Phi) is 2.66. The zero-order valence-electron chi connectivity index (χ0n) is 9.60. The quantitative estimate of drug-likeness (QED) is 0.759. The molecule has 0 aliphatic carbocycles. The minimum absolute atomic E-state index is 0.307. The van der Waals surface area contributed by atoms with Gasteiger partial charge >= 0.3 is 0 Å². The van der Waals surface area contributed by atoms with E-state index in [2.05, 4.69) is 10.3 Å². The molecule has 3 aromatic rings. The molecule has 0 amide bonds. The SMILES string of the molecule is NC(c1ccoc1)c1cnnn1-c1ccccc1. The van der Waals surface area contributed by atoms with E-state index in [1.54, 1.807) is 23.4 Å². The average molecular weight is 240 g/mol. The molecule has 0 bridgehead atoms. The minimum Gasteiger partial charge on any atom is -0.472 e. The zero-order chi connectivity index (χ0) is 12.4. The molecule has 2 N–H and O–H groups in total. The highest BCUT2D eigenvalue weighted by atomic mass is 16.3. The zero-order valence-corrected chi connectivity index (χ0v) is 9.60. The van der Waals surface area contributed by atoms with Crippen molar-refractivity contribution in [2.45, 2.75) is 6.04 Å². The Morgan fingerprint density at radius 3 is 2.72 bits per heavy atom. The van der Waals surface area contributed by atoms with Crippen molar-refractivity contribution in [1.29, 1.82) is 0 Å². The van der Waals surface area contributed by atoms with Crippen molar-refractivity contribution < 1.29 is 4.42 Å². The van der Waals surface area contributed by atoms with Gasteiger partial charge in [-0.15, -0.1) is 5.10 Å². The van der Waals surface area contributed by atoms with Gasteiger partial charge in [0.25, 0.3) is 0 Å². The summed E-state index contributed by atoms with van der Waals surface area (Å²) in [5.41, 5.74) is 8.84. The first-order chi connectivity index (χ1) is 8.86. The average Bonchev–Trinajstić information content (AvgIpc) is 3.10. The van der Waals surface area contributed by atoms with Crippen LogP contribution in [0.2, 0.25) is 0 Å². The maximum atomic E-state index is 6.18. The number of hydrogen-bond acceptors (Lipinski definition) is 4. The molecule has 0 saturated heterocycles. The van der Waals surface area contributed by atoms with Crippen LogP contribution in [-0.4, -0.2) is 15.0 Å². The number of furan rings is 1. The molecule has 0 aliphatic rings. The van der Waals surface area contributed by atoms with Crippen molar-refractivity contribution in [1.82, 2.24) is 15.0 Å². The van der Waals surface area contributed by atoms with Crippen molar-refractivity contribution in [2.75, 3.05) is 0 Å². The third-order valence-electron chi connectivity index (χ3n) is 2.80. The van der Waals surface area contributed by atoms with Gasteiger partial charge in [0.05, 0.1) is 36.1 Å². The molecule has 2 aromatic heterocycles. The minimum atomic E-state index is -0.307. The highest BCUT2D eigenvalue weighted by Gasteiger charge is 2.16. The van der Waals surface area contributed by atoms with Crippen molar-refractivity contribution in [3.63, 3.8) is 0 Å². The summed E-state index contributed by atoms with van der Waals surface area (Å²) in [5.74, 6) is 0. The van der Waals surface area contributed by atoms with Crippen LogP contribution in [0.4, 0.5) is 0 Å². The monoisotopic (exact) mass is 240 g/mol. The Hall–Kier alpha value is -2.40. The summed E-state index contributed by atoms with van der Waals surface area (Å²) < 4.78 is 6.78. The van der Waals surface area contributed by atoms with Gasteiger partial charge in [0.2, 0.25) is 0 Å². The highest BCUT2D eigenvalue weighted by molar-refractivity contribution is 5.34. The number of hydrogen-bond donors (Lipinski definition) is 1. The third kappa shape index (κ3) is 1.80. The van der Waals surface area contributed by atoms with Gasteiger partial charge in [-0.05, 0) is 18.2 Å². The maximum Gasteiger partial charge on any atom is 0.0954 e. The first kappa shape index (κ1) is 10.7. The fourth-order valence-corrected chi connectivity index (χ4v) is 1.85. The summed E-state index contributed by atoms with van der Waals surface area (Å²) in [6.45, 7) is 0. The van der Waals surface area contributed by atoms with Gasteiger partial charge in [-0.25, -0.2) is 4.68 Å². The second kappa shape index (κ2) is 4.46. The molecule has 5 nitrogen and oxygen atoms in total. The van der Waals surface area contributed by atoms with Crippen LogP contribution in [0.15, 0.2) is 59.5 Å². The lowest BCUT2D eigenvalue weighted by atomic mass is 10.1. The Labute approximate surface area is 104 Å². The summed E-state index contributed by atoms with van der Waals surface area (Å²) in [5, 5.41) is 8.01. The molecule has 0 saturated carbocycles. The number of para-hydroxylation sites is 1. The maximum absolute atomic E-state index is 6.18. The predicted molar refractivity (Wildman–Crippen MR) is 66.1 cm³/mol. The fourth-order valence-electron chi connectivity index (χ4n) is 1.85. The molecule has 5 heteroatoms. The summed E-state index contributed by atoms with van der Waals surface area (Å²) in [6, 6.07) is 11.3.